The third-order valence-electron chi connectivity index (χ3n) is 4.94. The number of halogens is 2. The Labute approximate surface area is 159 Å². The number of allylic oxidation sites excluding steroid dienone is 1. The van der Waals surface area contributed by atoms with E-state index in [1.807, 2.05) is 24.3 Å². The van der Waals surface area contributed by atoms with Crippen LogP contribution in [0.25, 0.3) is 11.1 Å². The smallest absolute Gasteiger partial charge is 0.201 e. The minimum Gasteiger partial charge on any atom is -0.491 e. The molecule has 1 aliphatic heterocycles. The second-order valence-corrected chi connectivity index (χ2v) is 6.78. The van der Waals surface area contributed by atoms with Crippen LogP contribution >= 0.6 is 0 Å². The summed E-state index contributed by atoms with van der Waals surface area (Å²) in [4.78, 5) is 0. The number of hydrogen-bond donors (Lipinski definition) is 0. The molecule has 1 saturated heterocycles. The van der Waals surface area contributed by atoms with Crippen molar-refractivity contribution in [1.82, 2.24) is 0 Å². The summed E-state index contributed by atoms with van der Waals surface area (Å²) in [6, 6.07) is 10.7. The molecule has 0 saturated carbocycles. The number of hydrogen-bond acceptors (Lipinski definition) is 2. The Balaban J connectivity index is 1.71. The lowest BCUT2D eigenvalue weighted by molar-refractivity contribution is 0.0326. The van der Waals surface area contributed by atoms with Crippen LogP contribution in [-0.4, -0.2) is 19.3 Å². The van der Waals surface area contributed by atoms with Crippen molar-refractivity contribution in [2.75, 3.05) is 13.2 Å². The van der Waals surface area contributed by atoms with E-state index in [-0.39, 0.29) is 17.4 Å². The van der Waals surface area contributed by atoms with E-state index in [0.717, 1.165) is 19.3 Å². The van der Waals surface area contributed by atoms with Gasteiger partial charge in [-0.2, -0.15) is 4.39 Å². The molecule has 2 aromatic carbocycles. The second kappa shape index (κ2) is 9.14. The first-order valence-corrected chi connectivity index (χ1v) is 9.63. The van der Waals surface area contributed by atoms with Gasteiger partial charge in [-0.25, -0.2) is 4.39 Å². The Morgan fingerprint density at radius 1 is 1.04 bits per heavy atom. The molecular formula is C23H26F2O2. The maximum atomic E-state index is 14.4. The molecule has 0 radical (unpaired) electrons. The van der Waals surface area contributed by atoms with Gasteiger partial charge in [0.25, 0.3) is 0 Å². The summed E-state index contributed by atoms with van der Waals surface area (Å²) in [6.07, 6.45) is 7.58. The zero-order valence-electron chi connectivity index (χ0n) is 15.9. The van der Waals surface area contributed by atoms with Crippen LogP contribution in [0.2, 0.25) is 0 Å². The van der Waals surface area contributed by atoms with Crippen LogP contribution < -0.4 is 4.74 Å². The first-order valence-electron chi connectivity index (χ1n) is 9.63. The van der Waals surface area contributed by atoms with Crippen molar-refractivity contribution in [3.8, 4) is 16.9 Å². The maximum Gasteiger partial charge on any atom is 0.201 e. The van der Waals surface area contributed by atoms with Crippen LogP contribution in [0.3, 0.4) is 0 Å². The molecule has 27 heavy (non-hydrogen) atoms. The molecule has 0 bridgehead atoms. The molecule has 2 unspecified atom stereocenters. The van der Waals surface area contributed by atoms with E-state index in [9.17, 15) is 8.78 Å². The van der Waals surface area contributed by atoms with E-state index in [4.69, 9.17) is 9.47 Å². The third kappa shape index (κ3) is 4.56. The van der Waals surface area contributed by atoms with Gasteiger partial charge in [0.1, 0.15) is 0 Å². The Morgan fingerprint density at radius 3 is 2.44 bits per heavy atom. The van der Waals surface area contributed by atoms with Gasteiger partial charge >= 0.3 is 0 Å². The van der Waals surface area contributed by atoms with Crippen molar-refractivity contribution in [2.24, 2.45) is 0 Å². The van der Waals surface area contributed by atoms with Crippen molar-refractivity contribution >= 4 is 0 Å². The van der Waals surface area contributed by atoms with Crippen LogP contribution in [-0.2, 0) is 4.74 Å². The quantitative estimate of drug-likeness (QED) is 0.557. The van der Waals surface area contributed by atoms with Crippen molar-refractivity contribution < 1.29 is 18.3 Å². The molecule has 0 N–H and O–H groups in total. The lowest BCUT2D eigenvalue weighted by Gasteiger charge is -2.27. The van der Waals surface area contributed by atoms with Crippen molar-refractivity contribution in [3.63, 3.8) is 0 Å². The van der Waals surface area contributed by atoms with Gasteiger partial charge in [-0.1, -0.05) is 43.3 Å². The van der Waals surface area contributed by atoms with E-state index >= 15 is 0 Å². The van der Waals surface area contributed by atoms with E-state index in [1.54, 1.807) is 13.0 Å². The second-order valence-electron chi connectivity index (χ2n) is 6.78. The van der Waals surface area contributed by atoms with Crippen LogP contribution in [0.4, 0.5) is 8.78 Å². The molecule has 0 aliphatic carbocycles. The Hall–Kier alpha value is -2.20. The molecular weight excluding hydrogens is 346 g/mol. The van der Waals surface area contributed by atoms with Crippen molar-refractivity contribution in [2.45, 2.75) is 45.1 Å². The molecule has 1 heterocycles. The fraction of sp³-hybridized carbons (Fsp3) is 0.391. The highest BCUT2D eigenvalue weighted by Crippen LogP contribution is 2.33. The molecule has 2 atom stereocenters. The van der Waals surface area contributed by atoms with E-state index in [2.05, 4.69) is 19.1 Å². The normalized spacial score (nSPS) is 20.1. The van der Waals surface area contributed by atoms with E-state index < -0.39 is 11.6 Å². The highest BCUT2D eigenvalue weighted by molar-refractivity contribution is 5.65. The van der Waals surface area contributed by atoms with Crippen molar-refractivity contribution in [1.29, 1.82) is 0 Å². The molecule has 2 aromatic rings. The molecule has 1 aliphatic rings. The Morgan fingerprint density at radius 2 is 1.81 bits per heavy atom. The fourth-order valence-corrected chi connectivity index (χ4v) is 3.43. The molecule has 2 nitrogen and oxygen atoms in total. The van der Waals surface area contributed by atoms with Gasteiger partial charge in [-0.05, 0) is 49.4 Å². The minimum absolute atomic E-state index is 0.0543. The SMILES string of the molecule is CCC=CC1CCC(c2ccc(-c3ccc(OCC)c(F)c3F)cc2)CO1. The largest absolute Gasteiger partial charge is 0.491 e. The van der Waals surface area contributed by atoms with Crippen LogP contribution in [0, 0.1) is 11.6 Å². The molecule has 4 heteroatoms. The standard InChI is InChI=1S/C23H26F2O2/c1-3-5-6-19-12-11-18(15-27-19)16-7-9-17(10-8-16)20-13-14-21(26-4-2)23(25)22(20)24/h5-10,13-14,18-19H,3-4,11-12,15H2,1-2H3. The lowest BCUT2D eigenvalue weighted by atomic mass is 9.90. The summed E-state index contributed by atoms with van der Waals surface area (Å²) in [5.74, 6) is -1.53. The minimum atomic E-state index is -0.940. The number of rotatable bonds is 6. The highest BCUT2D eigenvalue weighted by Gasteiger charge is 2.22. The Kier molecular flexibility index (Phi) is 6.62. The summed E-state index contributed by atoms with van der Waals surface area (Å²) in [5.41, 5.74) is 2.06. The summed E-state index contributed by atoms with van der Waals surface area (Å²) in [6.45, 7) is 4.83. The van der Waals surface area contributed by atoms with Crippen molar-refractivity contribution in [3.05, 3.63) is 65.7 Å². The van der Waals surface area contributed by atoms with Crippen LogP contribution in [0.1, 0.15) is 44.6 Å². The summed E-state index contributed by atoms with van der Waals surface area (Å²) in [7, 11) is 0. The van der Waals surface area contributed by atoms with Gasteiger partial charge in [-0.15, -0.1) is 0 Å². The van der Waals surface area contributed by atoms with Gasteiger partial charge in [0.15, 0.2) is 11.6 Å². The van der Waals surface area contributed by atoms with E-state index in [1.165, 1.54) is 11.6 Å². The lowest BCUT2D eigenvalue weighted by Crippen LogP contribution is -2.23. The predicted octanol–water partition coefficient (Wildman–Crippen LogP) is 6.26. The number of ether oxygens (including phenoxy) is 2. The summed E-state index contributed by atoms with van der Waals surface area (Å²) < 4.78 is 39.5. The predicted molar refractivity (Wildman–Crippen MR) is 104 cm³/mol. The van der Waals surface area contributed by atoms with Gasteiger partial charge in [0, 0.05) is 11.5 Å². The van der Waals surface area contributed by atoms with Gasteiger partial charge in [0.2, 0.25) is 5.82 Å². The fourth-order valence-electron chi connectivity index (χ4n) is 3.43. The zero-order chi connectivity index (χ0) is 19.2. The van der Waals surface area contributed by atoms with Gasteiger partial charge in [0.05, 0.1) is 19.3 Å². The molecule has 1 fully saturated rings. The molecule has 144 valence electrons. The highest BCUT2D eigenvalue weighted by atomic mass is 19.2. The molecule has 0 aromatic heterocycles. The maximum absolute atomic E-state index is 14.4. The monoisotopic (exact) mass is 372 g/mol. The number of benzene rings is 2. The zero-order valence-corrected chi connectivity index (χ0v) is 15.9. The molecule has 0 spiro atoms. The average molecular weight is 372 g/mol. The Bertz CT molecular complexity index is 776. The van der Waals surface area contributed by atoms with Crippen LogP contribution in [0.5, 0.6) is 5.75 Å². The van der Waals surface area contributed by atoms with E-state index in [0.29, 0.717) is 24.7 Å². The summed E-state index contributed by atoms with van der Waals surface area (Å²) >= 11 is 0. The molecule has 3 rings (SSSR count). The summed E-state index contributed by atoms with van der Waals surface area (Å²) in [5, 5.41) is 0. The van der Waals surface area contributed by atoms with Gasteiger partial charge in [-0.3, -0.25) is 0 Å². The first-order chi connectivity index (χ1) is 13.1. The molecule has 0 amide bonds. The first kappa shape index (κ1) is 19.6. The van der Waals surface area contributed by atoms with Crippen LogP contribution in [0.15, 0.2) is 48.6 Å². The average Bonchev–Trinajstić information content (AvgIpc) is 2.71. The topological polar surface area (TPSA) is 18.5 Å². The van der Waals surface area contributed by atoms with Gasteiger partial charge < -0.3 is 9.47 Å². The third-order valence-corrected chi connectivity index (χ3v) is 4.94.